The molecule has 12 heteroatoms. The number of phenolic OH excluding ortho intramolecular Hbond substituents is 2. The van der Waals surface area contributed by atoms with E-state index >= 15 is 0 Å². The van der Waals surface area contributed by atoms with Crippen LogP contribution in [0.3, 0.4) is 0 Å². The average Bonchev–Trinajstić information content (AvgIpc) is 2.83. The lowest BCUT2D eigenvalue weighted by molar-refractivity contribution is -0.138. The molecule has 0 aliphatic heterocycles. The van der Waals surface area contributed by atoms with Crippen molar-refractivity contribution < 1.29 is 36.9 Å². The number of carbonyl (C=O) groups is 1. The summed E-state index contributed by atoms with van der Waals surface area (Å²) in [5, 5.41) is 31.8. The first kappa shape index (κ1) is 26.9. The summed E-state index contributed by atoms with van der Waals surface area (Å²) < 4.78 is 53.9. The van der Waals surface area contributed by atoms with Gasteiger partial charge >= 0.3 is 5.97 Å². The Bertz CT molecular complexity index is 1690. The normalized spacial score (nSPS) is 13.6. The van der Waals surface area contributed by atoms with E-state index in [-0.39, 0.29) is 57.1 Å². The second-order valence-corrected chi connectivity index (χ2v) is 13.2. The summed E-state index contributed by atoms with van der Waals surface area (Å²) in [7, 11) is -8.04. The van der Waals surface area contributed by atoms with Gasteiger partial charge in [-0.1, -0.05) is 12.1 Å². The fraction of sp³-hybridized carbons (Fsp3) is 0.320. The van der Waals surface area contributed by atoms with Gasteiger partial charge in [0.05, 0.1) is 21.3 Å². The molecule has 0 aliphatic rings. The minimum atomic E-state index is -4.09. The second-order valence-electron chi connectivity index (χ2n) is 9.08. The average molecular weight is 549 g/mol. The molecular weight excluding hydrogens is 520 g/mol. The molecule has 0 heterocycles. The number of hydrogen-bond donors (Lipinski definition) is 5. The fourth-order valence-corrected chi connectivity index (χ4v) is 7.93. The summed E-state index contributed by atoms with van der Waals surface area (Å²) in [6, 6.07) is 7.20. The number of rotatable bonds is 11. The lowest BCUT2D eigenvalue weighted by Crippen LogP contribution is -2.30. The molecule has 7 N–H and O–H groups in total. The van der Waals surface area contributed by atoms with Crippen LogP contribution in [0.5, 0.6) is 11.5 Å². The zero-order valence-electron chi connectivity index (χ0n) is 19.8. The van der Waals surface area contributed by atoms with Crippen LogP contribution in [0.4, 0.5) is 0 Å². The Hall–Kier alpha value is -3.19. The predicted molar refractivity (Wildman–Crippen MR) is 141 cm³/mol. The Morgan fingerprint density at radius 2 is 1.22 bits per heavy atom. The molecule has 1 atom stereocenters. The van der Waals surface area contributed by atoms with Gasteiger partial charge < -0.3 is 26.8 Å². The summed E-state index contributed by atoms with van der Waals surface area (Å²) in [6.07, 6.45) is 0.643. The number of carboxylic acids is 1. The van der Waals surface area contributed by atoms with Gasteiger partial charge in [-0.2, -0.15) is 0 Å². The fourth-order valence-electron chi connectivity index (χ4n) is 4.68. The zero-order valence-corrected chi connectivity index (χ0v) is 21.5. The number of hydrogen-bond acceptors (Lipinski definition) is 9. The van der Waals surface area contributed by atoms with Crippen molar-refractivity contribution >= 4 is 58.0 Å². The first-order chi connectivity index (χ1) is 17.4. The molecule has 1 unspecified atom stereocenters. The maximum absolute atomic E-state index is 13.5. The molecule has 0 bridgehead atoms. The predicted octanol–water partition coefficient (Wildman–Crippen LogP) is 2.47. The first-order valence-corrected chi connectivity index (χ1v) is 15.0. The van der Waals surface area contributed by atoms with Crippen molar-refractivity contribution in [1.29, 1.82) is 0 Å². The van der Waals surface area contributed by atoms with E-state index in [1.54, 1.807) is 6.07 Å². The van der Waals surface area contributed by atoms with Gasteiger partial charge in [0.1, 0.15) is 17.5 Å². The molecule has 10 nitrogen and oxygen atoms in total. The van der Waals surface area contributed by atoms with Gasteiger partial charge in [-0.15, -0.1) is 0 Å². The third kappa shape index (κ3) is 4.89. The third-order valence-electron chi connectivity index (χ3n) is 6.56. The van der Waals surface area contributed by atoms with E-state index in [0.29, 0.717) is 34.5 Å². The summed E-state index contributed by atoms with van der Waals surface area (Å²) in [5.74, 6) is -2.39. The minimum absolute atomic E-state index is 0.0437. The van der Waals surface area contributed by atoms with Crippen LogP contribution >= 0.6 is 0 Å². The summed E-state index contributed by atoms with van der Waals surface area (Å²) >= 11 is 0. The molecule has 37 heavy (non-hydrogen) atoms. The Labute approximate surface area is 213 Å². The van der Waals surface area contributed by atoms with E-state index in [4.69, 9.17) is 16.6 Å². The van der Waals surface area contributed by atoms with Crippen LogP contribution in [-0.4, -0.2) is 62.2 Å². The van der Waals surface area contributed by atoms with Crippen LogP contribution in [0.1, 0.15) is 25.7 Å². The van der Waals surface area contributed by atoms with E-state index in [9.17, 15) is 31.8 Å². The number of benzene rings is 4. The zero-order chi connectivity index (χ0) is 27.1. The van der Waals surface area contributed by atoms with Crippen LogP contribution in [0.2, 0.25) is 0 Å². The van der Waals surface area contributed by atoms with Crippen LogP contribution < -0.4 is 11.5 Å². The van der Waals surface area contributed by atoms with Crippen molar-refractivity contribution in [1.82, 2.24) is 0 Å². The van der Waals surface area contributed by atoms with Gasteiger partial charge in [0.15, 0.2) is 19.7 Å². The largest absolute Gasteiger partial charge is 0.507 e. The number of sulfone groups is 2. The number of carboxylic acid groups (broad SMARTS) is 1. The molecule has 0 saturated heterocycles. The minimum Gasteiger partial charge on any atom is -0.507 e. The highest BCUT2D eigenvalue weighted by atomic mass is 32.2. The quantitative estimate of drug-likeness (QED) is 0.137. The molecule has 4 rings (SSSR count). The van der Waals surface area contributed by atoms with E-state index < -0.39 is 37.4 Å². The Morgan fingerprint density at radius 1 is 0.757 bits per heavy atom. The van der Waals surface area contributed by atoms with Gasteiger partial charge in [0, 0.05) is 38.4 Å². The van der Waals surface area contributed by atoms with Gasteiger partial charge in [-0.25, -0.2) is 16.8 Å². The highest BCUT2D eigenvalue weighted by Gasteiger charge is 2.28. The Kier molecular flexibility index (Phi) is 7.21. The molecule has 198 valence electrons. The van der Waals surface area contributed by atoms with Crippen molar-refractivity contribution in [2.75, 3.05) is 18.1 Å². The smallest absolute Gasteiger partial charge is 0.320 e. The van der Waals surface area contributed by atoms with Crippen LogP contribution in [0.25, 0.3) is 32.3 Å². The topological polar surface area (TPSA) is 198 Å². The SMILES string of the molecule is NCCCCS(=O)(=O)c1cc(S(=O)(=O)CCCC(N)C(=O)O)c2ccc3c(O)cc(O)c4ccc1c2c43. The van der Waals surface area contributed by atoms with Crippen LogP contribution in [0.15, 0.2) is 46.2 Å². The molecule has 0 amide bonds. The Balaban J connectivity index is 2.01. The maximum Gasteiger partial charge on any atom is 0.320 e. The van der Waals surface area contributed by atoms with Gasteiger partial charge in [-0.05, 0) is 50.4 Å². The van der Waals surface area contributed by atoms with E-state index in [0.717, 1.165) is 6.07 Å². The molecule has 0 radical (unpaired) electrons. The van der Waals surface area contributed by atoms with Crippen molar-refractivity contribution in [2.24, 2.45) is 11.5 Å². The number of nitrogens with two attached hydrogens (primary N) is 2. The Morgan fingerprint density at radius 3 is 1.70 bits per heavy atom. The standard InChI is InChI=1S/C25H28N2O8S2/c26-9-1-2-10-36(32,33)21-13-22(37(34,35)11-3-4-18(27)25(30)31)17-8-6-15-20(29)12-19(28)14-5-7-16(21)24(17)23(14)15/h5-8,12-13,18,28-29H,1-4,9-11,26-27H2,(H,30,31). The van der Waals surface area contributed by atoms with Gasteiger partial charge in [-0.3, -0.25) is 4.79 Å². The molecule has 0 saturated carbocycles. The molecule has 0 aromatic heterocycles. The van der Waals surface area contributed by atoms with Crippen LogP contribution in [-0.2, 0) is 24.5 Å². The van der Waals surface area contributed by atoms with Gasteiger partial charge in [0.2, 0.25) is 0 Å². The lowest BCUT2D eigenvalue weighted by Gasteiger charge is -2.19. The summed E-state index contributed by atoms with van der Waals surface area (Å²) in [6.45, 7) is 0.310. The van der Waals surface area contributed by atoms with E-state index in [1.165, 1.54) is 24.3 Å². The van der Waals surface area contributed by atoms with Crippen molar-refractivity contribution in [3.05, 3.63) is 36.4 Å². The van der Waals surface area contributed by atoms with Crippen molar-refractivity contribution in [2.45, 2.75) is 41.5 Å². The van der Waals surface area contributed by atoms with Crippen molar-refractivity contribution in [3.63, 3.8) is 0 Å². The number of aromatic hydroxyl groups is 2. The highest BCUT2D eigenvalue weighted by Crippen LogP contribution is 2.45. The number of phenols is 2. The second kappa shape index (κ2) is 9.93. The molecule has 4 aromatic carbocycles. The van der Waals surface area contributed by atoms with E-state index in [2.05, 4.69) is 0 Å². The summed E-state index contributed by atoms with van der Waals surface area (Å²) in [4.78, 5) is 10.6. The lowest BCUT2D eigenvalue weighted by atomic mass is 9.93. The maximum atomic E-state index is 13.5. The number of aliphatic carboxylic acids is 1. The van der Waals surface area contributed by atoms with E-state index in [1.807, 2.05) is 0 Å². The molecule has 4 aromatic rings. The number of unbranched alkanes of at least 4 members (excludes halogenated alkanes) is 1. The summed E-state index contributed by atoms with van der Waals surface area (Å²) in [5.41, 5.74) is 11.0. The molecule has 0 spiro atoms. The van der Waals surface area contributed by atoms with Gasteiger partial charge in [0.25, 0.3) is 0 Å². The molecule has 0 fully saturated rings. The first-order valence-electron chi connectivity index (χ1n) is 11.7. The van der Waals surface area contributed by atoms with Crippen molar-refractivity contribution in [3.8, 4) is 11.5 Å². The molecular formula is C25H28N2O8S2. The molecule has 0 aliphatic carbocycles. The van der Waals surface area contributed by atoms with Crippen LogP contribution in [0, 0.1) is 0 Å². The third-order valence-corrected chi connectivity index (χ3v) is 10.2. The monoisotopic (exact) mass is 548 g/mol. The highest BCUT2D eigenvalue weighted by molar-refractivity contribution is 7.92.